The topological polar surface area (TPSA) is 93.1 Å². The summed E-state index contributed by atoms with van der Waals surface area (Å²) in [6, 6.07) is 13.7. The average molecular weight is 419 g/mol. The number of rotatable bonds is 8. The number of ether oxygens (including phenoxy) is 2. The SMILES string of the molecule is COc1ccc(C(=O)CN(Cc2ccccc2)[C@@H]2CS(=O)(=O)C[C@H]2O)cc1OC. The lowest BCUT2D eigenvalue weighted by Gasteiger charge is -2.29. The first kappa shape index (κ1) is 21.3. The molecular weight excluding hydrogens is 394 g/mol. The summed E-state index contributed by atoms with van der Waals surface area (Å²) in [6.45, 7) is 0.332. The van der Waals surface area contributed by atoms with Gasteiger partial charge in [-0.15, -0.1) is 0 Å². The van der Waals surface area contributed by atoms with Gasteiger partial charge < -0.3 is 14.6 Å². The Labute approximate surface area is 170 Å². The molecule has 1 heterocycles. The van der Waals surface area contributed by atoms with Crippen molar-refractivity contribution in [1.82, 2.24) is 4.90 Å². The van der Waals surface area contributed by atoms with Crippen LogP contribution >= 0.6 is 0 Å². The van der Waals surface area contributed by atoms with E-state index in [0.29, 0.717) is 23.6 Å². The van der Waals surface area contributed by atoms with Crippen molar-refractivity contribution in [2.45, 2.75) is 18.7 Å². The molecule has 7 nitrogen and oxygen atoms in total. The molecule has 2 aromatic carbocycles. The van der Waals surface area contributed by atoms with Gasteiger partial charge in [-0.3, -0.25) is 9.69 Å². The summed E-state index contributed by atoms with van der Waals surface area (Å²) in [5, 5.41) is 10.3. The molecule has 3 rings (SSSR count). The van der Waals surface area contributed by atoms with Crippen molar-refractivity contribution in [3.63, 3.8) is 0 Å². The summed E-state index contributed by atoms with van der Waals surface area (Å²) >= 11 is 0. The van der Waals surface area contributed by atoms with E-state index in [1.807, 2.05) is 30.3 Å². The van der Waals surface area contributed by atoms with E-state index in [0.717, 1.165) is 5.56 Å². The Morgan fingerprint density at radius 2 is 1.76 bits per heavy atom. The second-order valence-corrected chi connectivity index (χ2v) is 9.25. The van der Waals surface area contributed by atoms with Gasteiger partial charge in [-0.05, 0) is 23.8 Å². The van der Waals surface area contributed by atoms with E-state index in [1.165, 1.54) is 14.2 Å². The van der Waals surface area contributed by atoms with Crippen LogP contribution in [-0.2, 0) is 16.4 Å². The molecular formula is C21H25NO6S. The van der Waals surface area contributed by atoms with Gasteiger partial charge in [0.25, 0.3) is 0 Å². The van der Waals surface area contributed by atoms with Crippen LogP contribution in [0.1, 0.15) is 15.9 Å². The molecule has 0 saturated carbocycles. The minimum absolute atomic E-state index is 0.0262. The van der Waals surface area contributed by atoms with Gasteiger partial charge in [0.05, 0.1) is 44.4 Å². The fraction of sp³-hybridized carbons (Fsp3) is 0.381. The normalized spacial score (nSPS) is 20.6. The van der Waals surface area contributed by atoms with Gasteiger partial charge in [0.2, 0.25) is 0 Å². The van der Waals surface area contributed by atoms with Crippen LogP contribution in [0, 0.1) is 0 Å². The molecule has 1 saturated heterocycles. The fourth-order valence-electron chi connectivity index (χ4n) is 3.55. The maximum absolute atomic E-state index is 13.0. The second-order valence-electron chi connectivity index (χ2n) is 7.10. The summed E-state index contributed by atoms with van der Waals surface area (Å²) in [5.74, 6) is 0.311. The highest BCUT2D eigenvalue weighted by Crippen LogP contribution is 2.28. The van der Waals surface area contributed by atoms with Gasteiger partial charge in [0.1, 0.15) is 0 Å². The molecule has 156 valence electrons. The predicted molar refractivity (Wildman–Crippen MR) is 109 cm³/mol. The third kappa shape index (κ3) is 5.14. The largest absolute Gasteiger partial charge is 0.493 e. The van der Waals surface area contributed by atoms with Crippen LogP contribution in [0.15, 0.2) is 48.5 Å². The number of carbonyl (C=O) groups is 1. The van der Waals surface area contributed by atoms with E-state index in [1.54, 1.807) is 23.1 Å². The van der Waals surface area contributed by atoms with Crippen molar-refractivity contribution in [2.24, 2.45) is 0 Å². The first-order chi connectivity index (χ1) is 13.8. The molecule has 1 aliphatic rings. The summed E-state index contributed by atoms with van der Waals surface area (Å²) in [7, 11) is -0.331. The predicted octanol–water partition coefficient (Wildman–Crippen LogP) is 1.55. The van der Waals surface area contributed by atoms with Gasteiger partial charge >= 0.3 is 0 Å². The Bertz CT molecular complexity index is 960. The molecule has 29 heavy (non-hydrogen) atoms. The van der Waals surface area contributed by atoms with Crippen LogP contribution in [-0.4, -0.2) is 68.6 Å². The van der Waals surface area contributed by atoms with E-state index in [9.17, 15) is 18.3 Å². The van der Waals surface area contributed by atoms with E-state index in [-0.39, 0.29) is 23.8 Å². The van der Waals surface area contributed by atoms with Crippen molar-refractivity contribution < 1.29 is 27.8 Å². The number of nitrogens with zero attached hydrogens (tertiary/aromatic N) is 1. The lowest BCUT2D eigenvalue weighted by Crippen LogP contribution is -2.45. The second kappa shape index (κ2) is 8.94. The van der Waals surface area contributed by atoms with Gasteiger partial charge in [0.15, 0.2) is 27.1 Å². The highest BCUT2D eigenvalue weighted by Gasteiger charge is 2.40. The molecule has 1 N–H and O–H groups in total. The maximum atomic E-state index is 13.0. The molecule has 1 fully saturated rings. The van der Waals surface area contributed by atoms with E-state index >= 15 is 0 Å². The van der Waals surface area contributed by atoms with Crippen molar-refractivity contribution in [1.29, 1.82) is 0 Å². The molecule has 0 radical (unpaired) electrons. The van der Waals surface area contributed by atoms with Crippen LogP contribution in [0.3, 0.4) is 0 Å². The zero-order valence-electron chi connectivity index (χ0n) is 16.4. The lowest BCUT2D eigenvalue weighted by molar-refractivity contribution is 0.0665. The van der Waals surface area contributed by atoms with Crippen LogP contribution in [0.25, 0.3) is 0 Å². The highest BCUT2D eigenvalue weighted by molar-refractivity contribution is 7.91. The summed E-state index contributed by atoms with van der Waals surface area (Å²) < 4.78 is 34.5. The van der Waals surface area contributed by atoms with E-state index in [4.69, 9.17) is 9.47 Å². The number of aliphatic hydroxyl groups excluding tert-OH is 1. The van der Waals surface area contributed by atoms with Crippen LogP contribution in [0.2, 0.25) is 0 Å². The zero-order valence-corrected chi connectivity index (χ0v) is 17.3. The number of hydrogen-bond donors (Lipinski definition) is 1. The zero-order chi connectivity index (χ0) is 21.0. The summed E-state index contributed by atoms with van der Waals surface area (Å²) in [4.78, 5) is 14.7. The third-order valence-corrected chi connectivity index (χ3v) is 6.74. The number of hydrogen-bond acceptors (Lipinski definition) is 7. The number of sulfone groups is 1. The molecule has 2 atom stereocenters. The van der Waals surface area contributed by atoms with Crippen molar-refractivity contribution in [3.05, 3.63) is 59.7 Å². The molecule has 8 heteroatoms. The lowest BCUT2D eigenvalue weighted by atomic mass is 10.1. The summed E-state index contributed by atoms with van der Waals surface area (Å²) in [5.41, 5.74) is 1.36. The number of ketones is 1. The standard InChI is InChI=1S/C21H25NO6S/c1-27-20-9-8-16(10-21(20)28-2)18(23)12-22(11-15-6-4-3-5-7-15)17-13-29(25,26)14-19(17)24/h3-10,17,19,24H,11-14H2,1-2H3/t17-,19-/m1/s1. The summed E-state index contributed by atoms with van der Waals surface area (Å²) in [6.07, 6.45) is -1.03. The van der Waals surface area contributed by atoms with Gasteiger partial charge in [-0.25, -0.2) is 8.42 Å². The third-order valence-electron chi connectivity index (χ3n) is 5.04. The molecule has 0 aliphatic carbocycles. The van der Waals surface area contributed by atoms with Crippen molar-refractivity contribution in [2.75, 3.05) is 32.3 Å². The first-order valence-corrected chi connectivity index (χ1v) is 11.1. The molecule has 2 aromatic rings. The minimum atomic E-state index is -3.34. The molecule has 0 bridgehead atoms. The Hall–Kier alpha value is -2.42. The smallest absolute Gasteiger partial charge is 0.176 e. The first-order valence-electron chi connectivity index (χ1n) is 9.24. The minimum Gasteiger partial charge on any atom is -0.493 e. The van der Waals surface area contributed by atoms with Gasteiger partial charge in [-0.2, -0.15) is 0 Å². The fourth-order valence-corrected chi connectivity index (χ4v) is 5.38. The van der Waals surface area contributed by atoms with Crippen molar-refractivity contribution >= 4 is 15.6 Å². The van der Waals surface area contributed by atoms with Crippen LogP contribution in [0.5, 0.6) is 11.5 Å². The number of benzene rings is 2. The molecule has 0 amide bonds. The highest BCUT2D eigenvalue weighted by atomic mass is 32.2. The monoisotopic (exact) mass is 419 g/mol. The Morgan fingerprint density at radius 1 is 1.07 bits per heavy atom. The van der Waals surface area contributed by atoms with Crippen molar-refractivity contribution in [3.8, 4) is 11.5 Å². The van der Waals surface area contributed by atoms with E-state index in [2.05, 4.69) is 0 Å². The number of methoxy groups -OCH3 is 2. The van der Waals surface area contributed by atoms with Gasteiger partial charge in [0, 0.05) is 12.1 Å². The number of Topliss-reactive ketones (excluding diaryl/α,β-unsaturated/α-hetero) is 1. The molecule has 0 unspecified atom stereocenters. The number of carbonyl (C=O) groups excluding carboxylic acids is 1. The Morgan fingerprint density at radius 3 is 2.34 bits per heavy atom. The van der Waals surface area contributed by atoms with Crippen LogP contribution < -0.4 is 9.47 Å². The molecule has 1 aliphatic heterocycles. The Kier molecular flexibility index (Phi) is 6.56. The molecule has 0 aromatic heterocycles. The molecule has 0 spiro atoms. The Balaban J connectivity index is 1.85. The van der Waals surface area contributed by atoms with Gasteiger partial charge in [-0.1, -0.05) is 30.3 Å². The number of aliphatic hydroxyl groups is 1. The van der Waals surface area contributed by atoms with Crippen LogP contribution in [0.4, 0.5) is 0 Å². The average Bonchev–Trinajstić information content (AvgIpc) is 2.99. The van der Waals surface area contributed by atoms with E-state index < -0.39 is 22.0 Å². The maximum Gasteiger partial charge on any atom is 0.176 e. The quantitative estimate of drug-likeness (QED) is 0.649.